The fourth-order valence-electron chi connectivity index (χ4n) is 2.53. The summed E-state index contributed by atoms with van der Waals surface area (Å²) in [5.74, 6) is 0.164. The molecule has 0 bridgehead atoms. The number of hydrogen-bond acceptors (Lipinski definition) is 5. The van der Waals surface area contributed by atoms with Gasteiger partial charge in [0.1, 0.15) is 0 Å². The molecule has 0 aliphatic carbocycles. The fraction of sp³-hybridized carbons (Fsp3) is 0.294. The van der Waals surface area contributed by atoms with Gasteiger partial charge in [-0.3, -0.25) is 14.7 Å². The first-order chi connectivity index (χ1) is 11.9. The predicted molar refractivity (Wildman–Crippen MR) is 97.6 cm³/mol. The van der Waals surface area contributed by atoms with E-state index >= 15 is 0 Å². The molecule has 1 N–H and O–H groups in total. The molecule has 0 saturated carbocycles. The first-order valence-electron chi connectivity index (χ1n) is 7.86. The number of carbonyl (C=O) groups excluding carboxylic acids is 1. The van der Waals surface area contributed by atoms with Gasteiger partial charge in [-0.15, -0.1) is 0 Å². The molecule has 1 aliphatic heterocycles. The molecule has 1 aliphatic rings. The monoisotopic (exact) mass is 379 g/mol. The molecule has 25 heavy (non-hydrogen) atoms. The average molecular weight is 380 g/mol. The Labute approximate surface area is 151 Å². The molecular formula is C17H18ClN3O3S. The zero-order valence-corrected chi connectivity index (χ0v) is 15.1. The van der Waals surface area contributed by atoms with Crippen LogP contribution in [0.15, 0.2) is 42.6 Å². The Kier molecular flexibility index (Phi) is 5.36. The van der Waals surface area contributed by atoms with Crippen LogP contribution in [0.4, 0.5) is 5.69 Å². The number of sulfone groups is 1. The van der Waals surface area contributed by atoms with Crippen LogP contribution in [-0.2, 0) is 16.4 Å². The van der Waals surface area contributed by atoms with Crippen molar-refractivity contribution in [3.05, 3.63) is 58.9 Å². The molecule has 2 aromatic rings. The van der Waals surface area contributed by atoms with Gasteiger partial charge in [0.15, 0.2) is 9.84 Å². The van der Waals surface area contributed by atoms with Gasteiger partial charge in [0.2, 0.25) is 0 Å². The number of rotatable bonds is 4. The topological polar surface area (TPSA) is 79.4 Å². The highest BCUT2D eigenvalue weighted by Gasteiger charge is 2.21. The quantitative estimate of drug-likeness (QED) is 0.881. The number of benzene rings is 1. The van der Waals surface area contributed by atoms with Crippen LogP contribution in [0.2, 0.25) is 5.02 Å². The van der Waals surface area contributed by atoms with Crippen LogP contribution < -0.4 is 5.32 Å². The molecule has 1 saturated heterocycles. The first-order valence-corrected chi connectivity index (χ1v) is 10.1. The Morgan fingerprint density at radius 3 is 2.40 bits per heavy atom. The maximum Gasteiger partial charge on any atom is 0.255 e. The summed E-state index contributed by atoms with van der Waals surface area (Å²) in [6.45, 7) is 1.65. The summed E-state index contributed by atoms with van der Waals surface area (Å²) in [7, 11) is -2.88. The fourth-order valence-corrected chi connectivity index (χ4v) is 3.94. The number of nitrogens with zero attached hydrogens (tertiary/aromatic N) is 2. The third-order valence-corrected chi connectivity index (χ3v) is 5.87. The van der Waals surface area contributed by atoms with Gasteiger partial charge in [0.25, 0.3) is 5.91 Å². The summed E-state index contributed by atoms with van der Waals surface area (Å²) in [6, 6.07) is 10.3. The maximum absolute atomic E-state index is 12.1. The minimum atomic E-state index is -2.88. The first kappa shape index (κ1) is 17.8. The highest BCUT2D eigenvalue weighted by Crippen LogP contribution is 2.14. The minimum Gasteiger partial charge on any atom is -0.321 e. The number of hydrogen-bond donors (Lipinski definition) is 1. The van der Waals surface area contributed by atoms with Gasteiger partial charge < -0.3 is 5.32 Å². The number of halogens is 1. The van der Waals surface area contributed by atoms with Crippen molar-refractivity contribution in [1.29, 1.82) is 0 Å². The highest BCUT2D eigenvalue weighted by atomic mass is 35.5. The largest absolute Gasteiger partial charge is 0.321 e. The van der Waals surface area contributed by atoms with Crippen LogP contribution in [-0.4, -0.2) is 48.8 Å². The predicted octanol–water partition coefficient (Wildman–Crippen LogP) is 2.22. The van der Waals surface area contributed by atoms with E-state index < -0.39 is 9.84 Å². The standard InChI is InChI=1S/C17H18ClN3O3S/c18-14-3-1-13(2-4-14)17(22)20-15-5-6-16(19-11-15)12-21-7-9-25(23,24)10-8-21/h1-6,11H,7-10,12H2,(H,20,22). The number of amides is 1. The smallest absolute Gasteiger partial charge is 0.255 e. The highest BCUT2D eigenvalue weighted by molar-refractivity contribution is 7.91. The molecule has 1 aromatic carbocycles. The lowest BCUT2D eigenvalue weighted by atomic mass is 10.2. The van der Waals surface area contributed by atoms with Crippen molar-refractivity contribution in [3.8, 4) is 0 Å². The second-order valence-corrected chi connectivity index (χ2v) is 8.67. The molecule has 0 spiro atoms. The SMILES string of the molecule is O=C(Nc1ccc(CN2CCS(=O)(=O)CC2)nc1)c1ccc(Cl)cc1. The van der Waals surface area contributed by atoms with Crippen LogP contribution in [0.1, 0.15) is 16.1 Å². The van der Waals surface area contributed by atoms with Crippen LogP contribution in [0.5, 0.6) is 0 Å². The van der Waals surface area contributed by atoms with E-state index in [4.69, 9.17) is 11.6 Å². The molecule has 1 aromatic heterocycles. The Balaban J connectivity index is 1.57. The third kappa shape index (κ3) is 5.01. The van der Waals surface area contributed by atoms with Crippen molar-refractivity contribution in [2.75, 3.05) is 29.9 Å². The third-order valence-electron chi connectivity index (χ3n) is 4.01. The maximum atomic E-state index is 12.1. The van der Waals surface area contributed by atoms with Crippen molar-refractivity contribution in [2.45, 2.75) is 6.54 Å². The van der Waals surface area contributed by atoms with Crippen molar-refractivity contribution in [2.24, 2.45) is 0 Å². The Hall–Kier alpha value is -1.96. The number of pyridine rings is 1. The van der Waals surface area contributed by atoms with Crippen LogP contribution in [0.3, 0.4) is 0 Å². The number of aromatic nitrogens is 1. The Morgan fingerprint density at radius 2 is 1.80 bits per heavy atom. The van der Waals surface area contributed by atoms with Gasteiger partial charge >= 0.3 is 0 Å². The summed E-state index contributed by atoms with van der Waals surface area (Å²) < 4.78 is 22.9. The van der Waals surface area contributed by atoms with Gasteiger partial charge in [-0.2, -0.15) is 0 Å². The van der Waals surface area contributed by atoms with Crippen molar-refractivity contribution >= 4 is 33.0 Å². The summed E-state index contributed by atoms with van der Waals surface area (Å²) in [5.41, 5.74) is 1.96. The molecule has 0 unspecified atom stereocenters. The van der Waals surface area contributed by atoms with Gasteiger partial charge in [-0.25, -0.2) is 8.42 Å². The molecule has 1 amide bonds. The van der Waals surface area contributed by atoms with Crippen molar-refractivity contribution < 1.29 is 13.2 Å². The van der Waals surface area contributed by atoms with Crippen molar-refractivity contribution in [1.82, 2.24) is 9.88 Å². The molecule has 0 atom stereocenters. The van der Waals surface area contributed by atoms with E-state index in [-0.39, 0.29) is 17.4 Å². The second-order valence-electron chi connectivity index (χ2n) is 5.93. The molecule has 1 fully saturated rings. The summed E-state index contributed by atoms with van der Waals surface area (Å²) >= 11 is 5.81. The molecule has 0 radical (unpaired) electrons. The van der Waals surface area contributed by atoms with Gasteiger partial charge in [0.05, 0.1) is 29.1 Å². The molecule has 8 heteroatoms. The number of carbonyl (C=O) groups is 1. The molecule has 2 heterocycles. The molecule has 132 valence electrons. The van der Waals surface area contributed by atoms with E-state index in [0.717, 1.165) is 5.69 Å². The lowest BCUT2D eigenvalue weighted by molar-refractivity contribution is 0.102. The van der Waals surface area contributed by atoms with E-state index in [1.165, 1.54) is 0 Å². The van der Waals surface area contributed by atoms with E-state index in [2.05, 4.69) is 15.2 Å². The van der Waals surface area contributed by atoms with Gasteiger partial charge in [0, 0.05) is 30.2 Å². The summed E-state index contributed by atoms with van der Waals surface area (Å²) in [4.78, 5) is 18.5. The number of anilines is 1. The average Bonchev–Trinajstić information content (AvgIpc) is 2.59. The molecule has 6 nitrogen and oxygen atoms in total. The van der Waals surface area contributed by atoms with Gasteiger partial charge in [-0.05, 0) is 36.4 Å². The van der Waals surface area contributed by atoms with Crippen LogP contribution in [0.25, 0.3) is 0 Å². The summed E-state index contributed by atoms with van der Waals surface area (Å²) in [6.07, 6.45) is 1.60. The normalized spacial score (nSPS) is 17.2. The van der Waals surface area contributed by atoms with Crippen molar-refractivity contribution in [3.63, 3.8) is 0 Å². The zero-order valence-electron chi connectivity index (χ0n) is 13.5. The van der Waals surface area contributed by atoms with Gasteiger partial charge in [-0.1, -0.05) is 11.6 Å². The Bertz CT molecular complexity index is 838. The number of nitrogens with one attached hydrogen (secondary N) is 1. The zero-order chi connectivity index (χ0) is 17.9. The van der Waals surface area contributed by atoms with E-state index in [0.29, 0.717) is 35.9 Å². The van der Waals surface area contributed by atoms with Crippen LogP contribution in [0, 0.1) is 0 Å². The van der Waals surface area contributed by atoms with E-state index in [9.17, 15) is 13.2 Å². The van der Waals surface area contributed by atoms with E-state index in [1.54, 1.807) is 36.5 Å². The second kappa shape index (κ2) is 7.51. The summed E-state index contributed by atoms with van der Waals surface area (Å²) in [5, 5.41) is 3.36. The molecular weight excluding hydrogens is 362 g/mol. The Morgan fingerprint density at radius 1 is 1.12 bits per heavy atom. The minimum absolute atomic E-state index is 0.197. The van der Waals surface area contributed by atoms with Crippen LogP contribution >= 0.6 is 11.6 Å². The lowest BCUT2D eigenvalue weighted by Gasteiger charge is -2.26. The van der Waals surface area contributed by atoms with E-state index in [1.807, 2.05) is 6.07 Å². The lowest BCUT2D eigenvalue weighted by Crippen LogP contribution is -2.39. The molecule has 3 rings (SSSR count).